The van der Waals surface area contributed by atoms with Crippen molar-refractivity contribution in [1.29, 1.82) is 0 Å². The SMILES string of the molecule is CC(=O)c1ccc(-c2ccnc3[nH]c(-c4n[nH]c5ncc(-c6cncc(NC(=O)C7CC7)c6)cc45)nc23)s1. The van der Waals surface area contributed by atoms with Crippen LogP contribution in [0, 0.1) is 5.92 Å². The highest BCUT2D eigenvalue weighted by molar-refractivity contribution is 7.17. The molecule has 7 rings (SSSR count). The number of rotatable bonds is 6. The summed E-state index contributed by atoms with van der Waals surface area (Å²) in [5, 5.41) is 11.2. The molecular weight excluding hydrogens is 500 g/mol. The zero-order chi connectivity index (χ0) is 25.8. The average Bonchev–Trinajstić information content (AvgIpc) is 3.32. The number of H-pyrrole nitrogens is 2. The maximum atomic E-state index is 12.2. The first-order valence-electron chi connectivity index (χ1n) is 12.1. The fraction of sp³-hybridized carbons (Fsp3) is 0.148. The number of pyridine rings is 3. The molecule has 1 amide bonds. The van der Waals surface area contributed by atoms with E-state index < -0.39 is 0 Å². The maximum Gasteiger partial charge on any atom is 0.227 e. The lowest BCUT2D eigenvalue weighted by Gasteiger charge is -2.06. The molecular formula is C27H20N8O2S. The molecule has 0 saturated heterocycles. The first-order valence-corrected chi connectivity index (χ1v) is 12.9. The van der Waals surface area contributed by atoms with Gasteiger partial charge in [0.1, 0.15) is 11.2 Å². The van der Waals surface area contributed by atoms with E-state index in [0.29, 0.717) is 38.9 Å². The molecule has 1 saturated carbocycles. The number of thiophene rings is 1. The highest BCUT2D eigenvalue weighted by Gasteiger charge is 2.29. The number of anilines is 1. The number of hydrogen-bond acceptors (Lipinski definition) is 8. The van der Waals surface area contributed by atoms with Crippen molar-refractivity contribution in [3.8, 4) is 33.1 Å². The Labute approximate surface area is 219 Å². The summed E-state index contributed by atoms with van der Waals surface area (Å²) in [6, 6.07) is 9.53. The normalized spacial score (nSPS) is 13.3. The van der Waals surface area contributed by atoms with Crippen LogP contribution in [0.25, 0.3) is 55.3 Å². The van der Waals surface area contributed by atoms with E-state index in [1.54, 1.807) is 31.7 Å². The van der Waals surface area contributed by atoms with Gasteiger partial charge >= 0.3 is 0 Å². The van der Waals surface area contributed by atoms with Gasteiger partial charge in [-0.05, 0) is 50.1 Å². The zero-order valence-corrected chi connectivity index (χ0v) is 21.0. The third-order valence-electron chi connectivity index (χ3n) is 6.53. The van der Waals surface area contributed by atoms with Gasteiger partial charge < -0.3 is 10.3 Å². The summed E-state index contributed by atoms with van der Waals surface area (Å²) < 4.78 is 0. The van der Waals surface area contributed by atoms with E-state index in [9.17, 15) is 9.59 Å². The summed E-state index contributed by atoms with van der Waals surface area (Å²) >= 11 is 1.43. The fourth-order valence-electron chi connectivity index (χ4n) is 4.39. The quantitative estimate of drug-likeness (QED) is 0.255. The molecule has 0 spiro atoms. The number of nitrogens with one attached hydrogen (secondary N) is 3. The van der Waals surface area contributed by atoms with E-state index >= 15 is 0 Å². The minimum atomic E-state index is 0.0339. The van der Waals surface area contributed by atoms with E-state index in [4.69, 9.17) is 4.98 Å². The van der Waals surface area contributed by atoms with Crippen LogP contribution >= 0.6 is 11.3 Å². The van der Waals surface area contributed by atoms with Crippen LogP contribution < -0.4 is 5.32 Å². The van der Waals surface area contributed by atoms with Crippen molar-refractivity contribution in [2.45, 2.75) is 19.8 Å². The first kappa shape index (κ1) is 22.4. The van der Waals surface area contributed by atoms with Crippen molar-refractivity contribution in [3.05, 3.63) is 60.0 Å². The monoisotopic (exact) mass is 520 g/mol. The zero-order valence-electron chi connectivity index (χ0n) is 20.1. The number of amides is 1. The number of carbonyl (C=O) groups excluding carboxylic acids is 2. The number of aromatic nitrogens is 7. The number of fused-ring (bicyclic) bond motifs is 2. The molecule has 11 heteroatoms. The maximum absolute atomic E-state index is 12.2. The summed E-state index contributed by atoms with van der Waals surface area (Å²) in [6.45, 7) is 1.56. The molecule has 1 fully saturated rings. The van der Waals surface area contributed by atoms with Gasteiger partial charge in [-0.2, -0.15) is 5.10 Å². The van der Waals surface area contributed by atoms with Crippen LogP contribution in [0.5, 0.6) is 0 Å². The number of Topliss-reactive ketones (excluding diaryl/α,β-unsaturated/α-hetero) is 1. The van der Waals surface area contributed by atoms with E-state index in [2.05, 4.69) is 35.5 Å². The van der Waals surface area contributed by atoms with Crippen molar-refractivity contribution < 1.29 is 9.59 Å². The summed E-state index contributed by atoms with van der Waals surface area (Å²) in [5.41, 5.74) is 5.76. The van der Waals surface area contributed by atoms with Crippen LogP contribution in [0.3, 0.4) is 0 Å². The number of imidazole rings is 1. The Morgan fingerprint density at radius 3 is 2.71 bits per heavy atom. The standard InChI is InChI=1S/C27H20N8O2S/c1-13(36)20-4-5-21(38-20)18-6-7-29-25-22(18)32-26(33-25)23-19-9-16(11-30-24(19)35-34-23)15-8-17(12-28-10-15)31-27(37)14-2-3-14/h4-12,14H,2-3H2,1H3,(H,31,37)(H,29,32,33)(H,30,34,35). The third-order valence-corrected chi connectivity index (χ3v) is 7.75. The molecule has 0 aromatic carbocycles. The van der Waals surface area contributed by atoms with E-state index in [1.807, 2.05) is 30.3 Å². The summed E-state index contributed by atoms with van der Waals surface area (Å²) in [4.78, 5) is 47.1. The van der Waals surface area contributed by atoms with Crippen LogP contribution in [0.1, 0.15) is 29.4 Å². The Morgan fingerprint density at radius 2 is 1.89 bits per heavy atom. The largest absolute Gasteiger partial charge is 0.324 e. The lowest BCUT2D eigenvalue weighted by Crippen LogP contribution is -2.13. The van der Waals surface area contributed by atoms with Crippen LogP contribution in [0.4, 0.5) is 5.69 Å². The average molecular weight is 521 g/mol. The molecule has 1 aliphatic carbocycles. The van der Waals surface area contributed by atoms with Crippen molar-refractivity contribution in [3.63, 3.8) is 0 Å². The van der Waals surface area contributed by atoms with Crippen LogP contribution in [-0.2, 0) is 4.79 Å². The molecule has 10 nitrogen and oxygen atoms in total. The third kappa shape index (κ3) is 3.93. The highest BCUT2D eigenvalue weighted by atomic mass is 32.1. The Hall–Kier alpha value is -4.77. The molecule has 38 heavy (non-hydrogen) atoms. The predicted molar refractivity (Wildman–Crippen MR) is 145 cm³/mol. The number of ketones is 1. The molecule has 0 unspecified atom stereocenters. The summed E-state index contributed by atoms with van der Waals surface area (Å²) in [7, 11) is 0. The van der Waals surface area contributed by atoms with Crippen molar-refractivity contribution in [2.75, 3.05) is 5.32 Å². The van der Waals surface area contributed by atoms with Gasteiger partial charge in [0, 0.05) is 46.1 Å². The lowest BCUT2D eigenvalue weighted by molar-refractivity contribution is -0.117. The van der Waals surface area contributed by atoms with E-state index in [1.165, 1.54) is 11.3 Å². The van der Waals surface area contributed by atoms with E-state index in [0.717, 1.165) is 39.8 Å². The molecule has 6 aromatic heterocycles. The molecule has 0 aliphatic heterocycles. The fourth-order valence-corrected chi connectivity index (χ4v) is 5.32. The minimum Gasteiger partial charge on any atom is -0.324 e. The molecule has 0 atom stereocenters. The highest BCUT2D eigenvalue weighted by Crippen LogP contribution is 2.35. The number of hydrogen-bond donors (Lipinski definition) is 3. The Kier molecular flexibility index (Phi) is 5.11. The Morgan fingerprint density at radius 1 is 1.03 bits per heavy atom. The van der Waals surface area contributed by atoms with Gasteiger partial charge in [-0.25, -0.2) is 15.0 Å². The molecule has 0 radical (unpaired) electrons. The van der Waals surface area contributed by atoms with Crippen molar-refractivity contribution >= 4 is 50.9 Å². The minimum absolute atomic E-state index is 0.0339. The van der Waals surface area contributed by atoms with Gasteiger partial charge in [0.2, 0.25) is 5.91 Å². The second-order valence-electron chi connectivity index (χ2n) is 9.28. The molecule has 0 bridgehead atoms. The van der Waals surface area contributed by atoms with Crippen LogP contribution in [0.15, 0.2) is 55.1 Å². The predicted octanol–water partition coefficient (Wildman–Crippen LogP) is 5.24. The van der Waals surface area contributed by atoms with Crippen LogP contribution in [0.2, 0.25) is 0 Å². The first-order chi connectivity index (χ1) is 18.5. The number of aromatic amines is 2. The lowest BCUT2D eigenvalue weighted by atomic mass is 10.1. The van der Waals surface area contributed by atoms with Gasteiger partial charge in [-0.3, -0.25) is 19.7 Å². The molecule has 1 aliphatic rings. The van der Waals surface area contributed by atoms with Gasteiger partial charge in [0.15, 0.2) is 22.9 Å². The molecule has 6 heterocycles. The van der Waals surface area contributed by atoms with Crippen molar-refractivity contribution in [1.82, 2.24) is 35.1 Å². The van der Waals surface area contributed by atoms with Gasteiger partial charge in [0.05, 0.1) is 22.1 Å². The van der Waals surface area contributed by atoms with E-state index in [-0.39, 0.29) is 17.6 Å². The van der Waals surface area contributed by atoms with Crippen molar-refractivity contribution in [2.24, 2.45) is 5.92 Å². The molecule has 3 N–H and O–H groups in total. The second kappa shape index (κ2) is 8.67. The molecule has 6 aromatic rings. The number of carbonyl (C=O) groups is 2. The topological polar surface area (TPSA) is 142 Å². The summed E-state index contributed by atoms with van der Waals surface area (Å²) in [5.74, 6) is 0.733. The van der Waals surface area contributed by atoms with Gasteiger partial charge in [0.25, 0.3) is 0 Å². The second-order valence-corrected chi connectivity index (χ2v) is 10.4. The van der Waals surface area contributed by atoms with Crippen LogP contribution in [-0.4, -0.2) is 46.8 Å². The van der Waals surface area contributed by atoms with Gasteiger partial charge in [-0.1, -0.05) is 0 Å². The Bertz CT molecular complexity index is 1880. The summed E-state index contributed by atoms with van der Waals surface area (Å²) in [6.07, 6.45) is 8.73. The van der Waals surface area contributed by atoms with Gasteiger partial charge in [-0.15, -0.1) is 11.3 Å². The smallest absolute Gasteiger partial charge is 0.227 e. The Balaban J connectivity index is 1.27. The molecule has 186 valence electrons. The number of nitrogens with zero attached hydrogens (tertiary/aromatic N) is 5.